The molecule has 2 aromatic carbocycles. The fourth-order valence-electron chi connectivity index (χ4n) is 2.81. The summed E-state index contributed by atoms with van der Waals surface area (Å²) >= 11 is 4.59. The first kappa shape index (κ1) is 20.9. The molecule has 0 aliphatic carbocycles. The molecule has 0 bridgehead atoms. The lowest BCUT2D eigenvalue weighted by atomic mass is 10.1. The molecule has 0 atom stereocenters. The van der Waals surface area contributed by atoms with Crippen LogP contribution >= 0.6 is 27.3 Å². The second kappa shape index (κ2) is 8.78. The summed E-state index contributed by atoms with van der Waals surface area (Å²) in [5, 5.41) is 7.51. The second-order valence-electron chi connectivity index (χ2n) is 6.48. The molecule has 31 heavy (non-hydrogen) atoms. The Morgan fingerprint density at radius 3 is 2.68 bits per heavy atom. The van der Waals surface area contributed by atoms with E-state index in [4.69, 9.17) is 4.74 Å². The van der Waals surface area contributed by atoms with Gasteiger partial charge < -0.3 is 10.1 Å². The molecule has 0 aliphatic heterocycles. The van der Waals surface area contributed by atoms with Gasteiger partial charge in [-0.2, -0.15) is 9.61 Å². The van der Waals surface area contributed by atoms with E-state index in [1.165, 1.54) is 21.9 Å². The predicted octanol–water partition coefficient (Wildman–Crippen LogP) is 3.83. The summed E-state index contributed by atoms with van der Waals surface area (Å²) < 4.78 is 7.41. The van der Waals surface area contributed by atoms with E-state index in [2.05, 4.69) is 31.3 Å². The number of hydrogen-bond acceptors (Lipinski definition) is 7. The Balaban J connectivity index is 1.50. The second-order valence-corrected chi connectivity index (χ2v) is 8.56. The number of carbonyl (C=O) groups excluding carboxylic acids is 2. The third-order valence-corrected chi connectivity index (χ3v) is 5.60. The summed E-state index contributed by atoms with van der Waals surface area (Å²) in [6, 6.07) is 14.7. The van der Waals surface area contributed by atoms with Crippen LogP contribution in [0.2, 0.25) is 0 Å². The smallest absolute Gasteiger partial charge is 0.340 e. The Kier molecular flexibility index (Phi) is 5.92. The van der Waals surface area contributed by atoms with Gasteiger partial charge in [-0.1, -0.05) is 39.4 Å². The zero-order chi connectivity index (χ0) is 22.0. The van der Waals surface area contributed by atoms with E-state index in [1.807, 2.05) is 0 Å². The number of hydrogen-bond donors (Lipinski definition) is 1. The zero-order valence-corrected chi connectivity index (χ0v) is 18.6. The molecule has 4 aromatic rings. The molecule has 4 rings (SSSR count). The number of para-hydroxylation sites is 1. The number of aryl methyl sites for hydroxylation is 1. The molecule has 8 nitrogen and oxygen atoms in total. The molecule has 0 unspecified atom stereocenters. The maximum absolute atomic E-state index is 12.7. The topological polar surface area (TPSA) is 103 Å². The molecule has 0 saturated heterocycles. The van der Waals surface area contributed by atoms with Crippen LogP contribution in [0.3, 0.4) is 0 Å². The van der Waals surface area contributed by atoms with Gasteiger partial charge in [0.1, 0.15) is 11.6 Å². The first-order valence-corrected chi connectivity index (χ1v) is 10.7. The van der Waals surface area contributed by atoms with Crippen LogP contribution in [0.15, 0.2) is 63.9 Å². The van der Waals surface area contributed by atoms with Crippen LogP contribution in [-0.4, -0.2) is 26.5 Å². The molecular weight excluding hydrogens is 484 g/mol. The number of ether oxygens (including phenoxy) is 1. The third kappa shape index (κ3) is 4.70. The standard InChI is InChI=1S/C21H15BrN4O4S/c1-12-25-26-18(27)10-15(23-21(26)31-12)11-30-20(29)16-4-2-3-5-17(16)24-19(28)13-6-8-14(22)9-7-13/h2-10H,11H2,1H3,(H,24,28). The average Bonchev–Trinajstić information content (AvgIpc) is 3.13. The summed E-state index contributed by atoms with van der Waals surface area (Å²) in [4.78, 5) is 42.0. The molecule has 1 amide bonds. The number of esters is 1. The van der Waals surface area contributed by atoms with Crippen molar-refractivity contribution in [1.29, 1.82) is 0 Å². The maximum atomic E-state index is 12.7. The highest BCUT2D eigenvalue weighted by Gasteiger charge is 2.16. The van der Waals surface area contributed by atoms with Crippen LogP contribution in [-0.2, 0) is 11.3 Å². The summed E-state index contributed by atoms with van der Waals surface area (Å²) in [6.07, 6.45) is 0. The van der Waals surface area contributed by atoms with Crippen LogP contribution in [0.4, 0.5) is 5.69 Å². The highest BCUT2D eigenvalue weighted by molar-refractivity contribution is 9.10. The fourth-order valence-corrected chi connectivity index (χ4v) is 3.84. The monoisotopic (exact) mass is 498 g/mol. The lowest BCUT2D eigenvalue weighted by Crippen LogP contribution is -2.18. The molecule has 0 fully saturated rings. The molecular formula is C21H15BrN4O4S. The Morgan fingerprint density at radius 2 is 1.90 bits per heavy atom. The van der Waals surface area contributed by atoms with Crippen LogP contribution in [0, 0.1) is 6.92 Å². The van der Waals surface area contributed by atoms with Crippen molar-refractivity contribution < 1.29 is 14.3 Å². The van der Waals surface area contributed by atoms with Gasteiger partial charge in [0.05, 0.1) is 16.9 Å². The van der Waals surface area contributed by atoms with Crippen LogP contribution in [0.5, 0.6) is 0 Å². The van der Waals surface area contributed by atoms with Gasteiger partial charge >= 0.3 is 5.97 Å². The van der Waals surface area contributed by atoms with Crippen LogP contribution < -0.4 is 10.9 Å². The number of carbonyl (C=O) groups is 2. The van der Waals surface area contributed by atoms with E-state index >= 15 is 0 Å². The summed E-state index contributed by atoms with van der Waals surface area (Å²) in [6.45, 7) is 1.59. The van der Waals surface area contributed by atoms with Gasteiger partial charge in [-0.05, 0) is 43.3 Å². The normalized spacial score (nSPS) is 10.8. The first-order valence-electron chi connectivity index (χ1n) is 9.10. The van der Waals surface area contributed by atoms with Crippen molar-refractivity contribution in [3.8, 4) is 0 Å². The number of nitrogens with one attached hydrogen (secondary N) is 1. The van der Waals surface area contributed by atoms with Crippen molar-refractivity contribution in [2.45, 2.75) is 13.5 Å². The Labute approximate surface area is 188 Å². The van der Waals surface area contributed by atoms with Gasteiger partial charge in [-0.25, -0.2) is 9.78 Å². The van der Waals surface area contributed by atoms with Crippen molar-refractivity contribution in [1.82, 2.24) is 14.6 Å². The minimum absolute atomic E-state index is 0.184. The SMILES string of the molecule is Cc1nn2c(=O)cc(COC(=O)c3ccccc3NC(=O)c3ccc(Br)cc3)nc2s1. The fraction of sp³-hybridized carbons (Fsp3) is 0.0952. The molecule has 2 heterocycles. The molecule has 2 aromatic heterocycles. The van der Waals surface area contributed by atoms with Crippen molar-refractivity contribution in [2.24, 2.45) is 0 Å². The average molecular weight is 499 g/mol. The van der Waals surface area contributed by atoms with Gasteiger partial charge in [0.15, 0.2) is 0 Å². The molecule has 1 N–H and O–H groups in total. The Hall–Kier alpha value is -3.37. The van der Waals surface area contributed by atoms with E-state index in [0.29, 0.717) is 26.9 Å². The van der Waals surface area contributed by atoms with Crippen molar-refractivity contribution >= 4 is 49.8 Å². The maximum Gasteiger partial charge on any atom is 0.340 e. The van der Waals surface area contributed by atoms with Crippen molar-refractivity contribution in [3.05, 3.63) is 91.3 Å². The number of halogens is 1. The lowest BCUT2D eigenvalue weighted by molar-refractivity contribution is 0.0469. The van der Waals surface area contributed by atoms with Crippen molar-refractivity contribution in [3.63, 3.8) is 0 Å². The lowest BCUT2D eigenvalue weighted by Gasteiger charge is -2.11. The quantitative estimate of drug-likeness (QED) is 0.419. The van der Waals surface area contributed by atoms with Gasteiger partial charge in [-0.15, -0.1) is 0 Å². The predicted molar refractivity (Wildman–Crippen MR) is 120 cm³/mol. The molecule has 156 valence electrons. The van der Waals surface area contributed by atoms with Crippen molar-refractivity contribution in [2.75, 3.05) is 5.32 Å². The van der Waals surface area contributed by atoms with E-state index in [0.717, 1.165) is 4.47 Å². The number of fused-ring (bicyclic) bond motifs is 1. The van der Waals surface area contributed by atoms with Gasteiger partial charge in [-0.3, -0.25) is 9.59 Å². The number of aromatic nitrogens is 3. The minimum atomic E-state index is -0.644. The van der Waals surface area contributed by atoms with E-state index in [1.54, 1.807) is 55.5 Å². The Morgan fingerprint density at radius 1 is 1.16 bits per heavy atom. The van der Waals surface area contributed by atoms with E-state index in [9.17, 15) is 14.4 Å². The minimum Gasteiger partial charge on any atom is -0.456 e. The van der Waals surface area contributed by atoms with Gasteiger partial charge in [0, 0.05) is 16.1 Å². The van der Waals surface area contributed by atoms with E-state index in [-0.39, 0.29) is 23.6 Å². The molecule has 0 aliphatic rings. The van der Waals surface area contributed by atoms with Crippen LogP contribution in [0.1, 0.15) is 31.4 Å². The summed E-state index contributed by atoms with van der Waals surface area (Å²) in [5.41, 5.74) is 0.937. The molecule has 10 heteroatoms. The van der Waals surface area contributed by atoms with Gasteiger partial charge in [0.25, 0.3) is 11.5 Å². The van der Waals surface area contributed by atoms with Crippen LogP contribution in [0.25, 0.3) is 4.96 Å². The zero-order valence-electron chi connectivity index (χ0n) is 16.2. The summed E-state index contributed by atoms with van der Waals surface area (Å²) in [7, 11) is 0. The Bertz CT molecular complexity index is 1350. The molecule has 0 spiro atoms. The first-order chi connectivity index (χ1) is 14.9. The highest BCUT2D eigenvalue weighted by Crippen LogP contribution is 2.19. The number of anilines is 1. The largest absolute Gasteiger partial charge is 0.456 e. The highest BCUT2D eigenvalue weighted by atomic mass is 79.9. The number of amides is 1. The number of rotatable bonds is 5. The number of nitrogens with zero attached hydrogens (tertiary/aromatic N) is 3. The third-order valence-electron chi connectivity index (χ3n) is 4.25. The molecule has 0 saturated carbocycles. The summed E-state index contributed by atoms with van der Waals surface area (Å²) in [5.74, 6) is -0.998. The number of benzene rings is 2. The molecule has 0 radical (unpaired) electrons. The van der Waals surface area contributed by atoms with Gasteiger partial charge in [0.2, 0.25) is 4.96 Å². The van der Waals surface area contributed by atoms with E-state index < -0.39 is 5.97 Å².